The summed E-state index contributed by atoms with van der Waals surface area (Å²) in [4.78, 5) is 19.6. The average Bonchev–Trinajstić information content (AvgIpc) is 2.30. The minimum Gasteiger partial charge on any atom is -0.320 e. The predicted octanol–water partition coefficient (Wildman–Crippen LogP) is 1.55. The first-order valence-corrected chi connectivity index (χ1v) is 5.88. The standard InChI is InChI=1S/C10H15BrN4O/c1-3-6(2)9(12)10(16)15-8-5-13-7(11)4-14-8/h4-6,9H,3,12H2,1-2H3,(H,14,15,16). The van der Waals surface area contributed by atoms with E-state index in [1.807, 2.05) is 13.8 Å². The number of rotatable bonds is 4. The van der Waals surface area contributed by atoms with Crippen LogP contribution >= 0.6 is 15.9 Å². The summed E-state index contributed by atoms with van der Waals surface area (Å²) in [7, 11) is 0. The minimum absolute atomic E-state index is 0.142. The molecule has 16 heavy (non-hydrogen) atoms. The lowest BCUT2D eigenvalue weighted by Crippen LogP contribution is -2.40. The SMILES string of the molecule is CCC(C)C(N)C(=O)Nc1cnc(Br)cn1. The molecule has 0 aliphatic carbocycles. The predicted molar refractivity (Wildman–Crippen MR) is 65.8 cm³/mol. The molecule has 5 nitrogen and oxygen atoms in total. The van der Waals surface area contributed by atoms with E-state index in [9.17, 15) is 4.79 Å². The highest BCUT2D eigenvalue weighted by atomic mass is 79.9. The highest BCUT2D eigenvalue weighted by molar-refractivity contribution is 9.10. The molecule has 88 valence electrons. The van der Waals surface area contributed by atoms with Crippen molar-refractivity contribution in [2.75, 3.05) is 5.32 Å². The van der Waals surface area contributed by atoms with Gasteiger partial charge in [0.15, 0.2) is 5.82 Å². The van der Waals surface area contributed by atoms with Crippen molar-refractivity contribution < 1.29 is 4.79 Å². The second-order valence-corrected chi connectivity index (χ2v) is 4.44. The van der Waals surface area contributed by atoms with E-state index in [0.717, 1.165) is 6.42 Å². The second-order valence-electron chi connectivity index (χ2n) is 3.62. The molecule has 0 bridgehead atoms. The summed E-state index contributed by atoms with van der Waals surface area (Å²) in [5, 5.41) is 2.63. The van der Waals surface area contributed by atoms with E-state index < -0.39 is 6.04 Å². The molecule has 2 unspecified atom stereocenters. The smallest absolute Gasteiger partial charge is 0.242 e. The largest absolute Gasteiger partial charge is 0.320 e. The van der Waals surface area contributed by atoms with E-state index in [0.29, 0.717) is 10.4 Å². The number of hydrogen-bond donors (Lipinski definition) is 2. The molecule has 1 aromatic heterocycles. The topological polar surface area (TPSA) is 80.9 Å². The Balaban J connectivity index is 2.60. The average molecular weight is 287 g/mol. The van der Waals surface area contributed by atoms with Gasteiger partial charge in [-0.3, -0.25) is 4.79 Å². The molecule has 0 fully saturated rings. The third kappa shape index (κ3) is 3.53. The normalized spacial score (nSPS) is 14.2. The molecule has 0 aliphatic heterocycles. The Morgan fingerprint density at radius 2 is 2.25 bits per heavy atom. The number of nitrogens with two attached hydrogens (primary N) is 1. The van der Waals surface area contributed by atoms with Gasteiger partial charge in [-0.25, -0.2) is 9.97 Å². The summed E-state index contributed by atoms with van der Waals surface area (Å²) >= 11 is 3.16. The van der Waals surface area contributed by atoms with Crippen LogP contribution in [0.1, 0.15) is 20.3 Å². The van der Waals surface area contributed by atoms with Gasteiger partial charge in [0.25, 0.3) is 0 Å². The lowest BCUT2D eigenvalue weighted by Gasteiger charge is -2.17. The number of halogens is 1. The number of nitrogens with one attached hydrogen (secondary N) is 1. The van der Waals surface area contributed by atoms with Crippen LogP contribution < -0.4 is 11.1 Å². The molecule has 1 aromatic rings. The zero-order chi connectivity index (χ0) is 12.1. The maximum Gasteiger partial charge on any atom is 0.242 e. The summed E-state index contributed by atoms with van der Waals surface area (Å²) in [6.07, 6.45) is 3.86. The summed E-state index contributed by atoms with van der Waals surface area (Å²) in [6, 6.07) is -0.518. The lowest BCUT2D eigenvalue weighted by molar-refractivity contribution is -0.118. The molecular weight excluding hydrogens is 272 g/mol. The van der Waals surface area contributed by atoms with E-state index in [-0.39, 0.29) is 11.8 Å². The van der Waals surface area contributed by atoms with Gasteiger partial charge in [-0.05, 0) is 21.8 Å². The Hall–Kier alpha value is -1.01. The van der Waals surface area contributed by atoms with Crippen LogP contribution in [0.15, 0.2) is 17.0 Å². The van der Waals surface area contributed by atoms with Crippen LogP contribution in [-0.4, -0.2) is 21.9 Å². The number of aromatic nitrogens is 2. The molecule has 3 N–H and O–H groups in total. The maximum atomic E-state index is 11.7. The van der Waals surface area contributed by atoms with Crippen molar-refractivity contribution in [1.29, 1.82) is 0 Å². The first kappa shape index (κ1) is 13.1. The van der Waals surface area contributed by atoms with E-state index in [2.05, 4.69) is 31.2 Å². The van der Waals surface area contributed by atoms with Gasteiger partial charge in [-0.1, -0.05) is 20.3 Å². The Labute approximate surface area is 103 Å². The van der Waals surface area contributed by atoms with Gasteiger partial charge < -0.3 is 11.1 Å². The molecular formula is C10H15BrN4O. The number of carbonyl (C=O) groups is 1. The Bertz CT molecular complexity index is 354. The van der Waals surface area contributed by atoms with E-state index in [1.165, 1.54) is 12.4 Å². The summed E-state index contributed by atoms with van der Waals surface area (Å²) < 4.78 is 0.622. The van der Waals surface area contributed by atoms with Crippen molar-refractivity contribution in [3.8, 4) is 0 Å². The first-order valence-electron chi connectivity index (χ1n) is 5.08. The number of carbonyl (C=O) groups excluding carboxylic acids is 1. The van der Waals surface area contributed by atoms with Crippen LogP contribution in [0.3, 0.4) is 0 Å². The molecule has 0 spiro atoms. The van der Waals surface area contributed by atoms with Gasteiger partial charge in [0, 0.05) is 0 Å². The molecule has 2 atom stereocenters. The molecule has 0 saturated carbocycles. The fraction of sp³-hybridized carbons (Fsp3) is 0.500. The van der Waals surface area contributed by atoms with Crippen molar-refractivity contribution in [2.24, 2.45) is 11.7 Å². The monoisotopic (exact) mass is 286 g/mol. The van der Waals surface area contributed by atoms with Crippen molar-refractivity contribution >= 4 is 27.7 Å². The van der Waals surface area contributed by atoms with Gasteiger partial charge in [-0.2, -0.15) is 0 Å². The molecule has 1 rings (SSSR count). The van der Waals surface area contributed by atoms with Crippen molar-refractivity contribution in [3.63, 3.8) is 0 Å². The third-order valence-corrected chi connectivity index (χ3v) is 2.84. The molecule has 1 heterocycles. The van der Waals surface area contributed by atoms with Crippen LogP contribution in [0.25, 0.3) is 0 Å². The van der Waals surface area contributed by atoms with Crippen LogP contribution in [0.2, 0.25) is 0 Å². The van der Waals surface area contributed by atoms with Crippen molar-refractivity contribution in [3.05, 3.63) is 17.0 Å². The molecule has 1 amide bonds. The second kappa shape index (κ2) is 5.91. The molecule has 0 saturated heterocycles. The van der Waals surface area contributed by atoms with Gasteiger partial charge >= 0.3 is 0 Å². The van der Waals surface area contributed by atoms with Gasteiger partial charge in [0.1, 0.15) is 4.60 Å². The molecule has 0 aliphatic rings. The summed E-state index contributed by atoms with van der Waals surface area (Å²) in [5.41, 5.74) is 5.78. The summed E-state index contributed by atoms with van der Waals surface area (Å²) in [6.45, 7) is 3.94. The van der Waals surface area contributed by atoms with Crippen molar-refractivity contribution in [2.45, 2.75) is 26.3 Å². The van der Waals surface area contributed by atoms with Crippen LogP contribution in [0, 0.1) is 5.92 Å². The fourth-order valence-electron chi connectivity index (χ4n) is 1.10. The number of hydrogen-bond acceptors (Lipinski definition) is 4. The van der Waals surface area contributed by atoms with E-state index in [1.54, 1.807) is 0 Å². The zero-order valence-corrected chi connectivity index (χ0v) is 10.9. The highest BCUT2D eigenvalue weighted by Gasteiger charge is 2.19. The zero-order valence-electron chi connectivity index (χ0n) is 9.27. The van der Waals surface area contributed by atoms with Gasteiger partial charge in [-0.15, -0.1) is 0 Å². The number of amides is 1. The van der Waals surface area contributed by atoms with Gasteiger partial charge in [0.2, 0.25) is 5.91 Å². The minimum atomic E-state index is -0.518. The van der Waals surface area contributed by atoms with Crippen LogP contribution in [-0.2, 0) is 4.79 Å². The fourth-order valence-corrected chi connectivity index (χ4v) is 1.30. The lowest BCUT2D eigenvalue weighted by atomic mass is 9.99. The van der Waals surface area contributed by atoms with E-state index >= 15 is 0 Å². The Morgan fingerprint density at radius 1 is 1.56 bits per heavy atom. The highest BCUT2D eigenvalue weighted by Crippen LogP contribution is 2.09. The Kier molecular flexibility index (Phi) is 4.82. The third-order valence-electron chi connectivity index (χ3n) is 2.43. The maximum absolute atomic E-state index is 11.7. The summed E-state index contributed by atoms with van der Waals surface area (Å²) in [5.74, 6) is 0.321. The van der Waals surface area contributed by atoms with Gasteiger partial charge in [0.05, 0.1) is 18.4 Å². The Morgan fingerprint density at radius 3 is 2.75 bits per heavy atom. The number of nitrogens with zero attached hydrogens (tertiary/aromatic N) is 2. The number of anilines is 1. The molecule has 0 radical (unpaired) electrons. The van der Waals surface area contributed by atoms with Crippen LogP contribution in [0.5, 0.6) is 0 Å². The molecule has 6 heteroatoms. The van der Waals surface area contributed by atoms with Crippen molar-refractivity contribution in [1.82, 2.24) is 9.97 Å². The van der Waals surface area contributed by atoms with Crippen LogP contribution in [0.4, 0.5) is 5.82 Å². The molecule has 0 aromatic carbocycles. The quantitative estimate of drug-likeness (QED) is 0.880. The first-order chi connectivity index (χ1) is 7.54. The van der Waals surface area contributed by atoms with E-state index in [4.69, 9.17) is 5.73 Å².